The second-order valence-corrected chi connectivity index (χ2v) is 2.89. The number of hydrogen-bond donors (Lipinski definition) is 2. The number of nitrogens with one attached hydrogen (secondary N) is 1. The van der Waals surface area contributed by atoms with Crippen LogP contribution in [-0.2, 0) is 4.79 Å². The molecule has 0 aromatic heterocycles. The molecule has 0 aliphatic heterocycles. The van der Waals surface area contributed by atoms with Crippen molar-refractivity contribution in [3.63, 3.8) is 0 Å². The Bertz CT molecular complexity index is 365. The Morgan fingerprint density at radius 2 is 2.07 bits per heavy atom. The molecule has 72 valence electrons. The Hall–Kier alpha value is -2.02. The molecule has 1 unspecified atom stereocenters. The van der Waals surface area contributed by atoms with Crippen molar-refractivity contribution < 1.29 is 9.90 Å². The van der Waals surface area contributed by atoms with Crippen molar-refractivity contribution in [2.45, 2.75) is 6.92 Å². The zero-order valence-corrected chi connectivity index (χ0v) is 7.69. The van der Waals surface area contributed by atoms with Gasteiger partial charge in [0.2, 0.25) is 5.91 Å². The highest BCUT2D eigenvalue weighted by atomic mass is 16.3. The van der Waals surface area contributed by atoms with Crippen molar-refractivity contribution in [3.05, 3.63) is 24.3 Å². The Morgan fingerprint density at radius 3 is 2.57 bits per heavy atom. The van der Waals surface area contributed by atoms with Crippen LogP contribution < -0.4 is 5.32 Å². The predicted octanol–water partition coefficient (Wildman–Crippen LogP) is 1.49. The molecule has 1 atom stereocenters. The molecule has 0 bridgehead atoms. The number of benzene rings is 1. The highest BCUT2D eigenvalue weighted by Crippen LogP contribution is 2.14. The number of phenolic OH excluding ortho intramolecular Hbond substituents is 1. The number of carbonyl (C=O) groups excluding carboxylic acids is 1. The molecule has 0 aliphatic rings. The van der Waals surface area contributed by atoms with E-state index in [1.165, 1.54) is 19.1 Å². The first-order valence-electron chi connectivity index (χ1n) is 4.13. The fourth-order valence-corrected chi connectivity index (χ4v) is 0.854. The molecule has 1 rings (SSSR count). The van der Waals surface area contributed by atoms with E-state index >= 15 is 0 Å². The fraction of sp³-hybridized carbons (Fsp3) is 0.200. The SMILES string of the molecule is CC(C#N)C(=O)Nc1ccc(O)cc1. The smallest absolute Gasteiger partial charge is 0.241 e. The van der Waals surface area contributed by atoms with Crippen LogP contribution >= 0.6 is 0 Å². The van der Waals surface area contributed by atoms with E-state index in [0.717, 1.165) is 0 Å². The molecule has 0 heterocycles. The molecule has 0 saturated heterocycles. The van der Waals surface area contributed by atoms with Crippen molar-refractivity contribution in [1.29, 1.82) is 5.26 Å². The number of hydrogen-bond acceptors (Lipinski definition) is 3. The predicted molar refractivity (Wildman–Crippen MR) is 51.5 cm³/mol. The lowest BCUT2D eigenvalue weighted by Gasteiger charge is -2.05. The summed E-state index contributed by atoms with van der Waals surface area (Å²) in [6, 6.07) is 7.90. The third kappa shape index (κ3) is 2.49. The van der Waals surface area contributed by atoms with Crippen LogP contribution in [0.3, 0.4) is 0 Å². The summed E-state index contributed by atoms with van der Waals surface area (Å²) >= 11 is 0. The third-order valence-electron chi connectivity index (χ3n) is 1.72. The van der Waals surface area contributed by atoms with Crippen molar-refractivity contribution in [3.8, 4) is 11.8 Å². The van der Waals surface area contributed by atoms with Crippen molar-refractivity contribution in [2.24, 2.45) is 5.92 Å². The second-order valence-electron chi connectivity index (χ2n) is 2.89. The van der Waals surface area contributed by atoms with Gasteiger partial charge < -0.3 is 10.4 Å². The molecule has 1 aromatic carbocycles. The van der Waals surface area contributed by atoms with Gasteiger partial charge in [-0.25, -0.2) is 0 Å². The van der Waals surface area contributed by atoms with E-state index in [-0.39, 0.29) is 11.7 Å². The minimum absolute atomic E-state index is 0.135. The Labute approximate surface area is 81.8 Å². The van der Waals surface area contributed by atoms with Crippen LogP contribution in [0.4, 0.5) is 5.69 Å². The molecule has 0 radical (unpaired) electrons. The van der Waals surface area contributed by atoms with Gasteiger partial charge in [-0.15, -0.1) is 0 Å². The molecule has 4 nitrogen and oxygen atoms in total. The molecule has 1 amide bonds. The van der Waals surface area contributed by atoms with Crippen molar-refractivity contribution in [1.82, 2.24) is 0 Å². The van der Waals surface area contributed by atoms with Gasteiger partial charge in [0, 0.05) is 5.69 Å². The summed E-state index contributed by atoms with van der Waals surface area (Å²) < 4.78 is 0. The Kier molecular flexibility index (Phi) is 3.08. The maximum absolute atomic E-state index is 11.2. The first-order chi connectivity index (χ1) is 6.63. The lowest BCUT2D eigenvalue weighted by atomic mass is 10.2. The maximum Gasteiger partial charge on any atom is 0.241 e. The third-order valence-corrected chi connectivity index (χ3v) is 1.72. The van der Waals surface area contributed by atoms with E-state index in [9.17, 15) is 4.79 Å². The summed E-state index contributed by atoms with van der Waals surface area (Å²) in [7, 11) is 0. The summed E-state index contributed by atoms with van der Waals surface area (Å²) in [6.07, 6.45) is 0. The molecule has 0 saturated carbocycles. The van der Waals surface area contributed by atoms with Gasteiger partial charge in [0.05, 0.1) is 6.07 Å². The first-order valence-corrected chi connectivity index (χ1v) is 4.13. The van der Waals surface area contributed by atoms with Crippen LogP contribution in [0.15, 0.2) is 24.3 Å². The van der Waals surface area contributed by atoms with Gasteiger partial charge in [-0.2, -0.15) is 5.26 Å². The van der Waals surface area contributed by atoms with E-state index in [1.54, 1.807) is 12.1 Å². The number of rotatable bonds is 2. The number of amides is 1. The average molecular weight is 190 g/mol. The first kappa shape index (κ1) is 10.1. The minimum atomic E-state index is -0.677. The van der Waals surface area contributed by atoms with E-state index < -0.39 is 5.92 Å². The molecule has 1 aromatic rings. The molecule has 0 aliphatic carbocycles. The highest BCUT2D eigenvalue weighted by molar-refractivity contribution is 5.93. The van der Waals surface area contributed by atoms with Gasteiger partial charge in [-0.1, -0.05) is 0 Å². The summed E-state index contributed by atoms with van der Waals surface area (Å²) in [5.41, 5.74) is 0.565. The quantitative estimate of drug-likeness (QED) is 0.694. The second kappa shape index (κ2) is 4.28. The summed E-state index contributed by atoms with van der Waals surface area (Å²) in [4.78, 5) is 11.2. The largest absolute Gasteiger partial charge is 0.508 e. The lowest BCUT2D eigenvalue weighted by molar-refractivity contribution is -0.117. The Morgan fingerprint density at radius 1 is 1.50 bits per heavy atom. The van der Waals surface area contributed by atoms with Gasteiger partial charge in [-0.05, 0) is 31.2 Å². The van der Waals surface area contributed by atoms with Gasteiger partial charge in [0.25, 0.3) is 0 Å². The number of phenols is 1. The number of aromatic hydroxyl groups is 1. The standard InChI is InChI=1S/C10H10N2O2/c1-7(6-11)10(14)12-8-2-4-9(13)5-3-8/h2-5,7,13H,1H3,(H,12,14). The van der Waals surface area contributed by atoms with Crippen LogP contribution in [0.1, 0.15) is 6.92 Å². The summed E-state index contributed by atoms with van der Waals surface area (Å²) in [5, 5.41) is 20.0. The number of nitriles is 1. The van der Waals surface area contributed by atoms with E-state index in [2.05, 4.69) is 5.32 Å². The van der Waals surface area contributed by atoms with Crippen LogP contribution in [0.25, 0.3) is 0 Å². The number of anilines is 1. The molecule has 2 N–H and O–H groups in total. The van der Waals surface area contributed by atoms with Gasteiger partial charge in [-0.3, -0.25) is 4.79 Å². The molecule has 4 heteroatoms. The minimum Gasteiger partial charge on any atom is -0.508 e. The van der Waals surface area contributed by atoms with Crippen molar-refractivity contribution >= 4 is 11.6 Å². The van der Waals surface area contributed by atoms with Crippen LogP contribution in [0.5, 0.6) is 5.75 Å². The number of nitrogens with zero attached hydrogens (tertiary/aromatic N) is 1. The van der Waals surface area contributed by atoms with Gasteiger partial charge in [0.15, 0.2) is 0 Å². The average Bonchev–Trinajstić information content (AvgIpc) is 2.20. The fourth-order valence-electron chi connectivity index (χ4n) is 0.854. The van der Waals surface area contributed by atoms with E-state index in [0.29, 0.717) is 5.69 Å². The maximum atomic E-state index is 11.2. The summed E-state index contributed by atoms with van der Waals surface area (Å²) in [5.74, 6) is -0.890. The van der Waals surface area contributed by atoms with E-state index in [4.69, 9.17) is 10.4 Å². The van der Waals surface area contributed by atoms with Gasteiger partial charge >= 0.3 is 0 Å². The van der Waals surface area contributed by atoms with Crippen LogP contribution in [-0.4, -0.2) is 11.0 Å². The van der Waals surface area contributed by atoms with Gasteiger partial charge in [0.1, 0.15) is 11.7 Å². The Balaban J connectivity index is 2.66. The molecular weight excluding hydrogens is 180 g/mol. The molecular formula is C10H10N2O2. The molecule has 14 heavy (non-hydrogen) atoms. The summed E-state index contributed by atoms with van der Waals surface area (Å²) in [6.45, 7) is 1.52. The lowest BCUT2D eigenvalue weighted by Crippen LogP contribution is -2.18. The van der Waals surface area contributed by atoms with E-state index in [1.807, 2.05) is 6.07 Å². The highest BCUT2D eigenvalue weighted by Gasteiger charge is 2.10. The van der Waals surface area contributed by atoms with Crippen molar-refractivity contribution in [2.75, 3.05) is 5.32 Å². The monoisotopic (exact) mass is 190 g/mol. The molecule has 0 spiro atoms. The number of carbonyl (C=O) groups is 1. The topological polar surface area (TPSA) is 73.1 Å². The van der Waals surface area contributed by atoms with Crippen LogP contribution in [0, 0.1) is 17.2 Å². The normalized spacial score (nSPS) is 11.4. The zero-order valence-electron chi connectivity index (χ0n) is 7.69. The van der Waals surface area contributed by atoms with Crippen LogP contribution in [0.2, 0.25) is 0 Å². The molecule has 0 fully saturated rings. The zero-order chi connectivity index (χ0) is 10.6.